The summed E-state index contributed by atoms with van der Waals surface area (Å²) in [4.78, 5) is 21.2. The number of nitrogens with zero attached hydrogens (tertiary/aromatic N) is 1. The lowest BCUT2D eigenvalue weighted by atomic mass is 9.99. The summed E-state index contributed by atoms with van der Waals surface area (Å²) in [5.41, 5.74) is 5.32. The Morgan fingerprint density at radius 1 is 1.12 bits per heavy atom. The van der Waals surface area contributed by atoms with Gasteiger partial charge in [0.25, 0.3) is 5.56 Å². The van der Waals surface area contributed by atoms with Gasteiger partial charge in [0, 0.05) is 22.4 Å². The van der Waals surface area contributed by atoms with Crippen LogP contribution in [0.3, 0.4) is 0 Å². The molecule has 2 aromatic carbocycles. The van der Waals surface area contributed by atoms with Gasteiger partial charge in [-0.3, -0.25) is 4.79 Å². The highest BCUT2D eigenvalue weighted by molar-refractivity contribution is 7.17. The molecule has 4 rings (SSSR count). The number of thiophene rings is 1. The minimum atomic E-state index is -0.0942. The zero-order valence-electron chi connectivity index (χ0n) is 14.5. The molecule has 0 radical (unpaired) electrons. The Balaban J connectivity index is 1.79. The molecular formula is C21H17ClN2OS. The van der Waals surface area contributed by atoms with E-state index in [4.69, 9.17) is 11.6 Å². The molecule has 1 N–H and O–H groups in total. The van der Waals surface area contributed by atoms with Crippen LogP contribution in [-0.2, 0) is 6.42 Å². The van der Waals surface area contributed by atoms with Crippen molar-refractivity contribution in [1.82, 2.24) is 9.97 Å². The first kappa shape index (κ1) is 17.0. The first-order valence-corrected chi connectivity index (χ1v) is 9.59. The Morgan fingerprint density at radius 3 is 2.73 bits per heavy atom. The molecule has 0 saturated heterocycles. The molecule has 26 heavy (non-hydrogen) atoms. The third-order valence-electron chi connectivity index (χ3n) is 4.43. The minimum Gasteiger partial charge on any atom is -0.310 e. The van der Waals surface area contributed by atoms with E-state index in [1.807, 2.05) is 29.6 Å². The molecule has 2 heterocycles. The molecular weight excluding hydrogens is 364 g/mol. The molecule has 0 bridgehead atoms. The van der Waals surface area contributed by atoms with Crippen molar-refractivity contribution in [3.05, 3.63) is 85.7 Å². The molecule has 0 aliphatic carbocycles. The minimum absolute atomic E-state index is 0.0942. The van der Waals surface area contributed by atoms with Gasteiger partial charge in [-0.15, -0.1) is 11.3 Å². The number of halogens is 1. The fourth-order valence-electron chi connectivity index (χ4n) is 3.23. The van der Waals surface area contributed by atoms with E-state index in [1.54, 1.807) is 0 Å². The van der Waals surface area contributed by atoms with Crippen molar-refractivity contribution in [3.63, 3.8) is 0 Å². The van der Waals surface area contributed by atoms with E-state index < -0.39 is 0 Å². The van der Waals surface area contributed by atoms with Crippen LogP contribution in [0.25, 0.3) is 21.3 Å². The number of H-pyrrole nitrogens is 1. The van der Waals surface area contributed by atoms with Gasteiger partial charge in [0.2, 0.25) is 0 Å². The van der Waals surface area contributed by atoms with Gasteiger partial charge in [-0.2, -0.15) is 0 Å². The average molecular weight is 381 g/mol. The first-order valence-electron chi connectivity index (χ1n) is 8.34. The number of aromatic amines is 1. The van der Waals surface area contributed by atoms with Crippen molar-refractivity contribution in [2.45, 2.75) is 20.3 Å². The lowest BCUT2D eigenvalue weighted by Crippen LogP contribution is -2.11. The monoisotopic (exact) mass is 380 g/mol. The van der Waals surface area contributed by atoms with Crippen molar-refractivity contribution in [2.75, 3.05) is 0 Å². The molecule has 0 fully saturated rings. The lowest BCUT2D eigenvalue weighted by molar-refractivity contribution is 0.977. The van der Waals surface area contributed by atoms with Crippen LogP contribution in [0.2, 0.25) is 5.02 Å². The van der Waals surface area contributed by atoms with E-state index >= 15 is 0 Å². The molecule has 0 aliphatic rings. The fraction of sp³-hybridized carbons (Fsp3) is 0.143. The van der Waals surface area contributed by atoms with E-state index in [0.717, 1.165) is 27.1 Å². The largest absolute Gasteiger partial charge is 0.310 e. The molecule has 0 atom stereocenters. The Kier molecular flexibility index (Phi) is 4.39. The molecule has 4 aromatic rings. The van der Waals surface area contributed by atoms with E-state index in [1.165, 1.54) is 16.9 Å². The van der Waals surface area contributed by atoms with Crippen LogP contribution in [0.15, 0.2) is 52.6 Å². The maximum absolute atomic E-state index is 12.8. The highest BCUT2D eigenvalue weighted by Crippen LogP contribution is 2.33. The molecule has 0 amide bonds. The Bertz CT molecular complexity index is 1180. The molecule has 3 nitrogen and oxygen atoms in total. The van der Waals surface area contributed by atoms with Crippen molar-refractivity contribution >= 4 is 33.2 Å². The molecule has 2 aromatic heterocycles. The molecule has 130 valence electrons. The van der Waals surface area contributed by atoms with Crippen molar-refractivity contribution in [1.29, 1.82) is 0 Å². The van der Waals surface area contributed by atoms with E-state index in [9.17, 15) is 4.79 Å². The van der Waals surface area contributed by atoms with Gasteiger partial charge in [0.1, 0.15) is 10.7 Å². The first-order chi connectivity index (χ1) is 12.5. The second kappa shape index (κ2) is 6.71. The highest BCUT2D eigenvalue weighted by Gasteiger charge is 2.14. The summed E-state index contributed by atoms with van der Waals surface area (Å²) >= 11 is 7.55. The van der Waals surface area contributed by atoms with E-state index in [2.05, 4.69) is 42.0 Å². The number of benzene rings is 2. The molecule has 0 saturated carbocycles. The van der Waals surface area contributed by atoms with Gasteiger partial charge < -0.3 is 4.98 Å². The van der Waals surface area contributed by atoms with Crippen LogP contribution in [0.4, 0.5) is 0 Å². The summed E-state index contributed by atoms with van der Waals surface area (Å²) in [6, 6.07) is 13.9. The zero-order valence-corrected chi connectivity index (χ0v) is 16.0. The van der Waals surface area contributed by atoms with Crippen LogP contribution in [-0.4, -0.2) is 9.97 Å². The summed E-state index contributed by atoms with van der Waals surface area (Å²) in [5.74, 6) is 0.652. The average Bonchev–Trinajstić information content (AvgIpc) is 2.99. The summed E-state index contributed by atoms with van der Waals surface area (Å²) < 4.78 is 0. The maximum Gasteiger partial charge on any atom is 0.260 e. The van der Waals surface area contributed by atoms with Gasteiger partial charge in [0.15, 0.2) is 0 Å². The molecule has 5 heteroatoms. The van der Waals surface area contributed by atoms with Gasteiger partial charge in [-0.1, -0.05) is 47.5 Å². The number of rotatable bonds is 3. The summed E-state index contributed by atoms with van der Waals surface area (Å²) in [6.45, 7) is 4.14. The van der Waals surface area contributed by atoms with Crippen LogP contribution >= 0.6 is 22.9 Å². The van der Waals surface area contributed by atoms with Crippen LogP contribution in [0, 0.1) is 13.8 Å². The zero-order chi connectivity index (χ0) is 18.3. The molecule has 0 spiro atoms. The van der Waals surface area contributed by atoms with Crippen LogP contribution < -0.4 is 5.56 Å². The summed E-state index contributed by atoms with van der Waals surface area (Å²) in [7, 11) is 0. The lowest BCUT2D eigenvalue weighted by Gasteiger charge is -2.06. The second-order valence-corrected chi connectivity index (χ2v) is 7.76. The van der Waals surface area contributed by atoms with E-state index in [0.29, 0.717) is 22.7 Å². The third-order valence-corrected chi connectivity index (χ3v) is 5.53. The molecule has 0 unspecified atom stereocenters. The number of aromatic nitrogens is 2. The van der Waals surface area contributed by atoms with Gasteiger partial charge >= 0.3 is 0 Å². The number of nitrogens with one attached hydrogen (secondary N) is 1. The standard InChI is InChI=1S/C21H17ClN2OS/c1-12-6-7-16(13(2)8-12)17-11-26-21-19(17)20(25)23-18(24-21)10-14-4-3-5-15(22)9-14/h3-9,11H,10H2,1-2H3,(H,23,24,25). The number of hydrogen-bond donors (Lipinski definition) is 1. The maximum atomic E-state index is 12.8. The Hall–Kier alpha value is -2.43. The molecule has 0 aliphatic heterocycles. The predicted molar refractivity (Wildman–Crippen MR) is 109 cm³/mol. The van der Waals surface area contributed by atoms with E-state index in [-0.39, 0.29) is 5.56 Å². The SMILES string of the molecule is Cc1ccc(-c2csc3nc(Cc4cccc(Cl)c4)[nH]c(=O)c23)c(C)c1. The second-order valence-electron chi connectivity index (χ2n) is 6.47. The summed E-state index contributed by atoms with van der Waals surface area (Å²) in [5, 5.41) is 3.37. The predicted octanol–water partition coefficient (Wildman–Crippen LogP) is 5.51. The quantitative estimate of drug-likeness (QED) is 0.509. The smallest absolute Gasteiger partial charge is 0.260 e. The number of fused-ring (bicyclic) bond motifs is 1. The van der Waals surface area contributed by atoms with Gasteiger partial charge in [-0.25, -0.2) is 4.98 Å². The number of aryl methyl sites for hydroxylation is 2. The number of hydrogen-bond acceptors (Lipinski definition) is 3. The Morgan fingerprint density at radius 2 is 1.96 bits per heavy atom. The van der Waals surface area contributed by atoms with Gasteiger partial charge in [-0.05, 0) is 42.7 Å². The Labute approximate surface area is 160 Å². The topological polar surface area (TPSA) is 45.8 Å². The van der Waals surface area contributed by atoms with Crippen molar-refractivity contribution < 1.29 is 0 Å². The fourth-order valence-corrected chi connectivity index (χ4v) is 4.40. The normalized spacial score (nSPS) is 11.2. The van der Waals surface area contributed by atoms with Crippen LogP contribution in [0.1, 0.15) is 22.5 Å². The van der Waals surface area contributed by atoms with Gasteiger partial charge in [0.05, 0.1) is 5.39 Å². The van der Waals surface area contributed by atoms with Crippen molar-refractivity contribution in [2.24, 2.45) is 0 Å². The van der Waals surface area contributed by atoms with Crippen molar-refractivity contribution in [3.8, 4) is 11.1 Å². The summed E-state index contributed by atoms with van der Waals surface area (Å²) in [6.07, 6.45) is 0.544. The van der Waals surface area contributed by atoms with Crippen LogP contribution in [0.5, 0.6) is 0 Å². The third kappa shape index (κ3) is 3.18. The highest BCUT2D eigenvalue weighted by atomic mass is 35.5.